The summed E-state index contributed by atoms with van der Waals surface area (Å²) in [6, 6.07) is 0. The number of alkyl halides is 1. The van der Waals surface area contributed by atoms with E-state index in [-0.39, 0.29) is 18.0 Å². The number of carbonyl (C=O) groups excluding carboxylic acids is 1. The fourth-order valence-electron chi connectivity index (χ4n) is 2.21. The zero-order valence-corrected chi connectivity index (χ0v) is 9.42. The molecular weight excluding hydrogens is 220 g/mol. The largest absolute Gasteiger partial charge is 0.457 e. The van der Waals surface area contributed by atoms with Gasteiger partial charge in [0, 0.05) is 12.8 Å². The van der Waals surface area contributed by atoms with Crippen LogP contribution in [0.2, 0.25) is 0 Å². The normalized spacial score (nSPS) is 45.8. The quantitative estimate of drug-likeness (QED) is 0.576. The monoisotopic (exact) mass is 234 g/mol. The van der Waals surface area contributed by atoms with Gasteiger partial charge in [0.1, 0.15) is 11.7 Å². The summed E-state index contributed by atoms with van der Waals surface area (Å²) >= 11 is 5.61. The van der Waals surface area contributed by atoms with Gasteiger partial charge in [0.25, 0.3) is 0 Å². The Labute approximate surface area is 93.5 Å². The van der Waals surface area contributed by atoms with Gasteiger partial charge in [-0.1, -0.05) is 0 Å². The van der Waals surface area contributed by atoms with Crippen molar-refractivity contribution in [1.82, 2.24) is 0 Å². The van der Waals surface area contributed by atoms with Gasteiger partial charge in [0.2, 0.25) is 0 Å². The number of esters is 1. The van der Waals surface area contributed by atoms with Crippen LogP contribution in [0.15, 0.2) is 0 Å². The average molecular weight is 235 g/mol. The Balaban J connectivity index is 2.04. The molecule has 2 saturated heterocycles. The molecule has 0 bridgehead atoms. The first-order chi connectivity index (χ1) is 6.97. The summed E-state index contributed by atoms with van der Waals surface area (Å²) in [7, 11) is 0. The molecular formula is C10H15ClO4. The molecule has 3 atom stereocenters. The van der Waals surface area contributed by atoms with E-state index >= 15 is 0 Å². The molecule has 0 aromatic carbocycles. The highest BCUT2D eigenvalue weighted by Gasteiger charge is 2.50. The summed E-state index contributed by atoms with van der Waals surface area (Å²) in [6.07, 6.45) is 2.00. The molecule has 5 heteroatoms. The average Bonchev–Trinajstić information content (AvgIpc) is 2.73. The Morgan fingerprint density at radius 3 is 2.80 bits per heavy atom. The maximum absolute atomic E-state index is 11.1. The number of cyclic esters (lactones) is 1. The lowest BCUT2D eigenvalue weighted by Gasteiger charge is -2.30. The fraction of sp³-hybridized carbons (Fsp3) is 0.900. The summed E-state index contributed by atoms with van der Waals surface area (Å²) in [6.45, 7) is 1.85. The predicted molar refractivity (Wildman–Crippen MR) is 53.5 cm³/mol. The van der Waals surface area contributed by atoms with E-state index in [1.807, 2.05) is 6.92 Å². The van der Waals surface area contributed by atoms with Crippen LogP contribution < -0.4 is 0 Å². The molecule has 3 unspecified atom stereocenters. The molecule has 0 amide bonds. The van der Waals surface area contributed by atoms with Gasteiger partial charge in [-0.3, -0.25) is 4.79 Å². The third kappa shape index (κ3) is 1.98. The van der Waals surface area contributed by atoms with E-state index in [1.54, 1.807) is 0 Å². The molecule has 0 aromatic rings. The molecule has 0 aromatic heterocycles. The Morgan fingerprint density at radius 2 is 2.33 bits per heavy atom. The number of carbonyl (C=O) groups is 1. The molecule has 0 radical (unpaired) electrons. The molecule has 2 aliphatic heterocycles. The van der Waals surface area contributed by atoms with Crippen molar-refractivity contribution in [2.24, 2.45) is 0 Å². The Bertz CT molecular complexity index is 283. The highest BCUT2D eigenvalue weighted by atomic mass is 35.5. The van der Waals surface area contributed by atoms with Crippen molar-refractivity contribution in [3.05, 3.63) is 0 Å². The minimum Gasteiger partial charge on any atom is -0.457 e. The molecule has 2 rings (SSSR count). The van der Waals surface area contributed by atoms with Crippen LogP contribution in [0.3, 0.4) is 0 Å². The van der Waals surface area contributed by atoms with Crippen LogP contribution in [0, 0.1) is 0 Å². The van der Waals surface area contributed by atoms with Crippen molar-refractivity contribution in [3.63, 3.8) is 0 Å². The summed E-state index contributed by atoms with van der Waals surface area (Å²) in [4.78, 5) is 11.1. The zero-order valence-electron chi connectivity index (χ0n) is 8.66. The number of rotatable bonds is 2. The molecule has 2 fully saturated rings. The molecule has 15 heavy (non-hydrogen) atoms. The molecule has 4 nitrogen and oxygen atoms in total. The third-order valence-corrected chi connectivity index (χ3v) is 3.64. The van der Waals surface area contributed by atoms with Gasteiger partial charge in [-0.25, -0.2) is 0 Å². The second-order valence-electron chi connectivity index (χ2n) is 4.51. The topological polar surface area (TPSA) is 55.8 Å². The van der Waals surface area contributed by atoms with E-state index in [2.05, 4.69) is 0 Å². The Kier molecular flexibility index (Phi) is 2.69. The van der Waals surface area contributed by atoms with Crippen LogP contribution >= 0.6 is 11.6 Å². The van der Waals surface area contributed by atoms with E-state index < -0.39 is 11.4 Å². The zero-order chi connectivity index (χ0) is 11.1. The lowest BCUT2D eigenvalue weighted by molar-refractivity contribution is -0.212. The number of halogens is 1. The van der Waals surface area contributed by atoms with Crippen LogP contribution in [-0.4, -0.2) is 34.4 Å². The fourth-order valence-corrected chi connectivity index (χ4v) is 2.40. The highest BCUT2D eigenvalue weighted by molar-refractivity contribution is 6.18. The maximum atomic E-state index is 11.1. The molecule has 86 valence electrons. The van der Waals surface area contributed by atoms with Crippen LogP contribution in [0.4, 0.5) is 0 Å². The van der Waals surface area contributed by atoms with Gasteiger partial charge >= 0.3 is 5.97 Å². The lowest BCUT2D eigenvalue weighted by atomic mass is 9.93. The number of ether oxygens (including phenoxy) is 2. The molecule has 0 spiro atoms. The predicted octanol–water partition coefficient (Wildman–Crippen LogP) is 1.19. The summed E-state index contributed by atoms with van der Waals surface area (Å²) < 4.78 is 10.7. The van der Waals surface area contributed by atoms with Gasteiger partial charge in [-0.2, -0.15) is 0 Å². The number of aliphatic hydroxyl groups is 1. The van der Waals surface area contributed by atoms with Crippen molar-refractivity contribution in [2.75, 3.05) is 5.88 Å². The number of hydrogen-bond donors (Lipinski definition) is 1. The maximum Gasteiger partial charge on any atom is 0.306 e. The van der Waals surface area contributed by atoms with E-state index in [0.717, 1.165) is 0 Å². The summed E-state index contributed by atoms with van der Waals surface area (Å²) in [5.41, 5.74) is -0.590. The van der Waals surface area contributed by atoms with Crippen LogP contribution in [-0.2, 0) is 14.3 Å². The lowest BCUT2D eigenvalue weighted by Crippen LogP contribution is -2.42. The molecule has 2 aliphatic rings. The van der Waals surface area contributed by atoms with Crippen LogP contribution in [0.1, 0.15) is 32.6 Å². The van der Waals surface area contributed by atoms with E-state index in [1.165, 1.54) is 0 Å². The standard InChI is InChI=1S/C10H15ClO4/c1-9(4-3-8(12)15-9)7-2-5-10(13,6-11)14-7/h7,13H,2-6H2,1H3. The van der Waals surface area contributed by atoms with E-state index in [9.17, 15) is 9.90 Å². The Hall–Kier alpha value is -0.320. The first-order valence-electron chi connectivity index (χ1n) is 5.15. The molecule has 0 aliphatic carbocycles. The first kappa shape index (κ1) is 11.2. The molecule has 0 saturated carbocycles. The van der Waals surface area contributed by atoms with Crippen molar-refractivity contribution >= 4 is 17.6 Å². The number of hydrogen-bond acceptors (Lipinski definition) is 4. The molecule has 2 heterocycles. The van der Waals surface area contributed by atoms with Crippen LogP contribution in [0.5, 0.6) is 0 Å². The van der Waals surface area contributed by atoms with Gasteiger partial charge < -0.3 is 14.6 Å². The second kappa shape index (κ2) is 3.61. The smallest absolute Gasteiger partial charge is 0.306 e. The van der Waals surface area contributed by atoms with Crippen molar-refractivity contribution in [2.45, 2.75) is 50.1 Å². The van der Waals surface area contributed by atoms with Gasteiger partial charge in [0.05, 0.1) is 5.88 Å². The van der Waals surface area contributed by atoms with Crippen molar-refractivity contribution in [1.29, 1.82) is 0 Å². The Morgan fingerprint density at radius 1 is 1.60 bits per heavy atom. The molecule has 1 N–H and O–H groups in total. The summed E-state index contributed by atoms with van der Waals surface area (Å²) in [5, 5.41) is 9.82. The van der Waals surface area contributed by atoms with Gasteiger partial charge in [0.15, 0.2) is 5.79 Å². The SMILES string of the molecule is CC1(C2CCC(O)(CCl)O2)CCC(=O)O1. The second-order valence-corrected chi connectivity index (χ2v) is 4.78. The van der Waals surface area contributed by atoms with E-state index in [0.29, 0.717) is 25.7 Å². The first-order valence-corrected chi connectivity index (χ1v) is 5.69. The van der Waals surface area contributed by atoms with E-state index in [4.69, 9.17) is 21.1 Å². The minimum absolute atomic E-state index is 0.0491. The highest BCUT2D eigenvalue weighted by Crippen LogP contribution is 2.40. The van der Waals surface area contributed by atoms with Crippen LogP contribution in [0.25, 0.3) is 0 Å². The minimum atomic E-state index is -1.25. The van der Waals surface area contributed by atoms with Crippen molar-refractivity contribution < 1.29 is 19.4 Å². The van der Waals surface area contributed by atoms with Crippen molar-refractivity contribution in [3.8, 4) is 0 Å². The van der Waals surface area contributed by atoms with Gasteiger partial charge in [-0.15, -0.1) is 11.6 Å². The third-order valence-electron chi connectivity index (χ3n) is 3.22. The summed E-state index contributed by atoms with van der Waals surface area (Å²) in [5.74, 6) is -1.39. The van der Waals surface area contributed by atoms with Gasteiger partial charge in [-0.05, 0) is 19.8 Å².